The molecular weight excluding hydrogens is 501 g/mol. The van der Waals surface area contributed by atoms with Crippen LogP contribution in [0.5, 0.6) is 0 Å². The standard InChI is InChI=1S/C20H28N6O2S.C2HF3O2/c1-14(2)17(13-27)22-19-18-16(5-12-29(18)28)23-20(24-19)26-10-8-25(9-11-26)15-3-6-21-7-4-15;3-2(4,5)1(6)7/h3-4,6-7,14,17,27H,5,8-13H2,1-2H3,(H,22,23,24);(H,6,7)/t17-,29?;/m0./s1. The molecule has 2 aromatic heterocycles. The average Bonchev–Trinajstić information content (AvgIpc) is 3.23. The first kappa shape index (κ1) is 27.6. The lowest BCUT2D eigenvalue weighted by molar-refractivity contribution is -0.192. The largest absolute Gasteiger partial charge is 0.490 e. The minimum atomic E-state index is -5.08. The van der Waals surface area contributed by atoms with Gasteiger partial charge in [-0.25, -0.2) is 9.78 Å². The number of aryl methyl sites for hydroxylation is 1. The van der Waals surface area contributed by atoms with Crippen LogP contribution in [0.2, 0.25) is 0 Å². The smallest absolute Gasteiger partial charge is 0.475 e. The normalized spacial score (nSPS) is 18.4. The molecule has 2 aromatic rings. The van der Waals surface area contributed by atoms with Crippen LogP contribution in [-0.4, -0.2) is 86.1 Å². The molecule has 0 radical (unpaired) electrons. The van der Waals surface area contributed by atoms with Crippen molar-refractivity contribution >= 4 is 34.2 Å². The van der Waals surface area contributed by atoms with E-state index in [1.54, 1.807) is 0 Å². The fourth-order valence-corrected chi connectivity index (χ4v) is 5.06. The van der Waals surface area contributed by atoms with E-state index < -0.39 is 22.9 Å². The minimum absolute atomic E-state index is 0.00299. The number of aromatic nitrogens is 3. The van der Waals surface area contributed by atoms with Crippen molar-refractivity contribution in [1.82, 2.24) is 15.0 Å². The number of rotatable bonds is 6. The third kappa shape index (κ3) is 6.81. The summed E-state index contributed by atoms with van der Waals surface area (Å²) in [7, 11) is -1.09. The van der Waals surface area contributed by atoms with E-state index in [-0.39, 0.29) is 18.6 Å². The van der Waals surface area contributed by atoms with Gasteiger partial charge in [-0.15, -0.1) is 0 Å². The summed E-state index contributed by atoms with van der Waals surface area (Å²) in [6.07, 6.45) is -0.750. The Morgan fingerprint density at radius 2 is 1.72 bits per heavy atom. The van der Waals surface area contributed by atoms with Crippen LogP contribution < -0.4 is 15.1 Å². The summed E-state index contributed by atoms with van der Waals surface area (Å²) in [5, 5.41) is 20.2. The van der Waals surface area contributed by atoms with E-state index in [9.17, 15) is 22.5 Å². The molecule has 1 unspecified atom stereocenters. The molecule has 2 atom stereocenters. The van der Waals surface area contributed by atoms with Crippen LogP contribution in [0.1, 0.15) is 19.5 Å². The minimum Gasteiger partial charge on any atom is -0.475 e. The summed E-state index contributed by atoms with van der Waals surface area (Å²) in [5.74, 6) is -0.644. The topological polar surface area (TPSA) is 132 Å². The van der Waals surface area contributed by atoms with Crippen molar-refractivity contribution < 1.29 is 32.4 Å². The summed E-state index contributed by atoms with van der Waals surface area (Å²) < 4.78 is 44.3. The highest BCUT2D eigenvalue weighted by Gasteiger charge is 2.38. The predicted molar refractivity (Wildman–Crippen MR) is 129 cm³/mol. The Hall–Kier alpha value is -3.00. The highest BCUT2D eigenvalue weighted by atomic mass is 32.2. The number of alkyl halides is 3. The fourth-order valence-electron chi connectivity index (χ4n) is 3.74. The van der Waals surface area contributed by atoms with Crippen molar-refractivity contribution in [2.75, 3.05) is 53.7 Å². The molecule has 2 aliphatic rings. The molecule has 1 fully saturated rings. The maximum Gasteiger partial charge on any atom is 0.490 e. The van der Waals surface area contributed by atoms with E-state index in [1.807, 2.05) is 38.4 Å². The van der Waals surface area contributed by atoms with Crippen molar-refractivity contribution in [3.8, 4) is 0 Å². The molecule has 14 heteroatoms. The molecule has 4 rings (SSSR count). The monoisotopic (exact) mass is 530 g/mol. The molecule has 0 amide bonds. The number of aliphatic hydroxyl groups is 1. The zero-order chi connectivity index (χ0) is 26.5. The molecule has 2 aliphatic heterocycles. The van der Waals surface area contributed by atoms with Crippen molar-refractivity contribution in [1.29, 1.82) is 0 Å². The van der Waals surface area contributed by atoms with E-state index in [2.05, 4.69) is 20.1 Å². The summed E-state index contributed by atoms with van der Waals surface area (Å²) >= 11 is 0. The zero-order valence-electron chi connectivity index (χ0n) is 19.9. The second-order valence-electron chi connectivity index (χ2n) is 8.61. The number of hydrogen-bond acceptors (Lipinski definition) is 9. The first-order chi connectivity index (χ1) is 17.0. The van der Waals surface area contributed by atoms with Crippen molar-refractivity contribution in [3.05, 3.63) is 30.2 Å². The average molecular weight is 531 g/mol. The third-order valence-electron chi connectivity index (χ3n) is 5.83. The highest BCUT2D eigenvalue weighted by Crippen LogP contribution is 2.31. The molecular formula is C22H29F3N6O4S. The van der Waals surface area contributed by atoms with Gasteiger partial charge in [0.1, 0.15) is 10.7 Å². The highest BCUT2D eigenvalue weighted by molar-refractivity contribution is 7.85. The fraction of sp³-hybridized carbons (Fsp3) is 0.545. The molecule has 3 N–H and O–H groups in total. The van der Waals surface area contributed by atoms with Crippen LogP contribution in [0.25, 0.3) is 0 Å². The second kappa shape index (κ2) is 11.8. The quantitative estimate of drug-likeness (QED) is 0.509. The lowest BCUT2D eigenvalue weighted by Gasteiger charge is -2.36. The molecule has 4 heterocycles. The number of nitrogens with zero attached hydrogens (tertiary/aromatic N) is 5. The Morgan fingerprint density at radius 3 is 2.25 bits per heavy atom. The van der Waals surface area contributed by atoms with Crippen LogP contribution in [0, 0.1) is 5.92 Å². The van der Waals surface area contributed by atoms with Gasteiger partial charge in [-0.1, -0.05) is 13.8 Å². The van der Waals surface area contributed by atoms with Gasteiger partial charge >= 0.3 is 12.1 Å². The van der Waals surface area contributed by atoms with Gasteiger partial charge in [0.15, 0.2) is 0 Å². The Bertz CT molecular complexity index is 1070. The van der Waals surface area contributed by atoms with Gasteiger partial charge in [0, 0.05) is 56.4 Å². The van der Waals surface area contributed by atoms with Gasteiger partial charge in [-0.3, -0.25) is 9.19 Å². The Balaban J connectivity index is 0.000000454. The number of carboxylic acid groups (broad SMARTS) is 1. The summed E-state index contributed by atoms with van der Waals surface area (Å²) in [5.41, 5.74) is 2.04. The molecule has 1 saturated heterocycles. The van der Waals surface area contributed by atoms with Gasteiger partial charge in [0.25, 0.3) is 0 Å². The summed E-state index contributed by atoms with van der Waals surface area (Å²) in [4.78, 5) is 27.7. The predicted octanol–water partition coefficient (Wildman–Crippen LogP) is 1.92. The van der Waals surface area contributed by atoms with Crippen LogP contribution in [0.4, 0.5) is 30.6 Å². The molecule has 10 nitrogen and oxygen atoms in total. The molecule has 36 heavy (non-hydrogen) atoms. The summed E-state index contributed by atoms with van der Waals surface area (Å²) in [6.45, 7) is 7.49. The molecule has 0 bridgehead atoms. The number of aliphatic hydroxyl groups excluding tert-OH is 1. The Kier molecular flexibility index (Phi) is 9.06. The zero-order valence-corrected chi connectivity index (χ0v) is 20.7. The van der Waals surface area contributed by atoms with Gasteiger partial charge in [-0.2, -0.15) is 18.2 Å². The first-order valence-electron chi connectivity index (χ1n) is 11.4. The van der Waals surface area contributed by atoms with Crippen molar-refractivity contribution in [2.45, 2.75) is 37.4 Å². The van der Waals surface area contributed by atoms with Crippen molar-refractivity contribution in [3.63, 3.8) is 0 Å². The Morgan fingerprint density at radius 1 is 1.14 bits per heavy atom. The number of aliphatic carboxylic acids is 1. The lowest BCUT2D eigenvalue weighted by atomic mass is 10.1. The third-order valence-corrected chi connectivity index (χ3v) is 7.29. The Labute approximate surface area is 209 Å². The molecule has 0 aromatic carbocycles. The van der Waals surface area contributed by atoms with Crippen LogP contribution in [0.15, 0.2) is 29.4 Å². The number of halogens is 3. The number of anilines is 3. The van der Waals surface area contributed by atoms with E-state index in [0.717, 1.165) is 31.9 Å². The second-order valence-corrected chi connectivity index (χ2v) is 10.1. The lowest BCUT2D eigenvalue weighted by Crippen LogP contribution is -2.47. The van der Waals surface area contributed by atoms with Gasteiger partial charge < -0.3 is 25.3 Å². The number of carboxylic acids is 1. The van der Waals surface area contributed by atoms with E-state index >= 15 is 0 Å². The van der Waals surface area contributed by atoms with Gasteiger partial charge in [0.2, 0.25) is 5.95 Å². The van der Waals surface area contributed by atoms with Crippen LogP contribution >= 0.6 is 0 Å². The molecule has 0 aliphatic carbocycles. The number of fused-ring (bicyclic) bond motifs is 1. The number of piperazine rings is 1. The van der Waals surface area contributed by atoms with Crippen LogP contribution in [-0.2, 0) is 22.0 Å². The first-order valence-corrected chi connectivity index (χ1v) is 12.7. The maximum atomic E-state index is 12.5. The van der Waals surface area contributed by atoms with Gasteiger partial charge in [-0.05, 0) is 18.1 Å². The molecule has 198 valence electrons. The SMILES string of the molecule is CC(C)[C@H](CO)Nc1nc(N2CCN(c3ccncc3)CC2)nc2c1S(=O)CC2.O=C(O)C(F)(F)F. The molecule has 0 spiro atoms. The van der Waals surface area contributed by atoms with Gasteiger partial charge in [0.05, 0.1) is 29.1 Å². The van der Waals surface area contributed by atoms with E-state index in [1.165, 1.54) is 5.69 Å². The number of hydrogen-bond donors (Lipinski definition) is 3. The maximum absolute atomic E-state index is 12.5. The summed E-state index contributed by atoms with van der Waals surface area (Å²) in [6, 6.07) is 3.92. The number of carbonyl (C=O) groups is 1. The van der Waals surface area contributed by atoms with Crippen LogP contribution in [0.3, 0.4) is 0 Å². The van der Waals surface area contributed by atoms with E-state index in [0.29, 0.717) is 28.8 Å². The van der Waals surface area contributed by atoms with E-state index in [4.69, 9.17) is 19.9 Å². The number of nitrogens with one attached hydrogen (secondary N) is 1. The number of pyridine rings is 1. The molecule has 0 saturated carbocycles. The van der Waals surface area contributed by atoms with Crippen molar-refractivity contribution in [2.24, 2.45) is 5.92 Å².